The number of imidazole rings is 2. The minimum absolute atomic E-state index is 0.670. The molecule has 0 aliphatic carbocycles. The van der Waals surface area contributed by atoms with E-state index in [0.717, 1.165) is 11.3 Å². The SMILES string of the molecule is c1nc(-[n+]2cc[nH]c2)c2[nH]cnc2n1. The van der Waals surface area contributed by atoms with Crippen molar-refractivity contribution in [3.63, 3.8) is 0 Å². The summed E-state index contributed by atoms with van der Waals surface area (Å²) in [6.45, 7) is 0. The van der Waals surface area contributed by atoms with Gasteiger partial charge in [0.1, 0.15) is 6.20 Å². The Bertz CT molecular complexity index is 552. The van der Waals surface area contributed by atoms with E-state index in [1.54, 1.807) is 6.33 Å². The van der Waals surface area contributed by atoms with Crippen LogP contribution in [-0.4, -0.2) is 24.9 Å². The molecule has 6 nitrogen and oxygen atoms in total. The zero-order chi connectivity index (χ0) is 9.38. The summed E-state index contributed by atoms with van der Waals surface area (Å²) in [6.07, 6.45) is 8.62. The topological polar surface area (TPSA) is 74.1 Å². The van der Waals surface area contributed by atoms with E-state index in [-0.39, 0.29) is 0 Å². The van der Waals surface area contributed by atoms with Crippen LogP contribution < -0.4 is 4.57 Å². The van der Waals surface area contributed by atoms with Gasteiger partial charge in [0.05, 0.1) is 12.5 Å². The van der Waals surface area contributed by atoms with Crippen LogP contribution in [0, 0.1) is 0 Å². The van der Waals surface area contributed by atoms with E-state index in [0.29, 0.717) is 5.65 Å². The number of hydrogen-bond acceptors (Lipinski definition) is 3. The summed E-state index contributed by atoms with van der Waals surface area (Å²) < 4.78 is 1.86. The first-order valence-corrected chi connectivity index (χ1v) is 4.13. The molecule has 0 saturated carbocycles. The van der Waals surface area contributed by atoms with Crippen LogP contribution >= 0.6 is 0 Å². The van der Waals surface area contributed by atoms with Crippen molar-refractivity contribution < 1.29 is 4.57 Å². The van der Waals surface area contributed by atoms with Gasteiger partial charge in [-0.05, 0) is 0 Å². The molecule has 0 aromatic carbocycles. The van der Waals surface area contributed by atoms with Gasteiger partial charge in [0.2, 0.25) is 0 Å². The second kappa shape index (κ2) is 2.63. The Morgan fingerprint density at radius 3 is 3.07 bits per heavy atom. The first kappa shape index (κ1) is 7.19. The van der Waals surface area contributed by atoms with Crippen LogP contribution in [0.3, 0.4) is 0 Å². The highest BCUT2D eigenvalue weighted by Gasteiger charge is 2.12. The Kier molecular flexibility index (Phi) is 1.35. The van der Waals surface area contributed by atoms with Crippen molar-refractivity contribution in [3.05, 3.63) is 31.4 Å². The van der Waals surface area contributed by atoms with Crippen molar-refractivity contribution in [1.82, 2.24) is 24.9 Å². The summed E-state index contributed by atoms with van der Waals surface area (Å²) >= 11 is 0. The average Bonchev–Trinajstić information content (AvgIpc) is 2.88. The largest absolute Gasteiger partial charge is 0.338 e. The van der Waals surface area contributed by atoms with Crippen molar-refractivity contribution >= 4 is 11.2 Å². The molecule has 68 valence electrons. The average molecular weight is 187 g/mol. The molecule has 0 bridgehead atoms. The van der Waals surface area contributed by atoms with Gasteiger partial charge in [-0.1, -0.05) is 4.98 Å². The number of fused-ring (bicyclic) bond motifs is 1. The third-order valence-corrected chi connectivity index (χ3v) is 1.99. The van der Waals surface area contributed by atoms with Crippen molar-refractivity contribution in [2.45, 2.75) is 0 Å². The molecule has 14 heavy (non-hydrogen) atoms. The smallest absolute Gasteiger partial charge is 0.296 e. The highest BCUT2D eigenvalue weighted by Crippen LogP contribution is 2.07. The molecule has 3 aromatic heterocycles. The predicted octanol–water partition coefficient (Wildman–Crippen LogP) is -0.0423. The van der Waals surface area contributed by atoms with Gasteiger partial charge in [0.25, 0.3) is 5.82 Å². The molecule has 0 spiro atoms. The third kappa shape index (κ3) is 0.905. The van der Waals surface area contributed by atoms with E-state index in [1.807, 2.05) is 23.3 Å². The molecule has 0 saturated heterocycles. The van der Waals surface area contributed by atoms with Crippen molar-refractivity contribution in [2.24, 2.45) is 0 Å². The summed E-state index contributed by atoms with van der Waals surface area (Å²) in [6, 6.07) is 0. The summed E-state index contributed by atoms with van der Waals surface area (Å²) in [5, 5.41) is 0. The van der Waals surface area contributed by atoms with Crippen LogP contribution in [0.1, 0.15) is 0 Å². The lowest BCUT2D eigenvalue weighted by atomic mass is 10.5. The second-order valence-corrected chi connectivity index (χ2v) is 2.82. The highest BCUT2D eigenvalue weighted by atomic mass is 15.1. The lowest BCUT2D eigenvalue weighted by molar-refractivity contribution is -0.596. The Morgan fingerprint density at radius 2 is 2.21 bits per heavy atom. The first-order chi connectivity index (χ1) is 6.95. The molecule has 3 rings (SSSR count). The minimum Gasteiger partial charge on any atom is -0.338 e. The number of nitrogens with one attached hydrogen (secondary N) is 2. The lowest BCUT2D eigenvalue weighted by Gasteiger charge is -1.92. The Labute approximate surface area is 78.7 Å². The van der Waals surface area contributed by atoms with Crippen molar-refractivity contribution in [2.75, 3.05) is 0 Å². The van der Waals surface area contributed by atoms with E-state index in [2.05, 4.69) is 24.9 Å². The highest BCUT2D eigenvalue weighted by molar-refractivity contribution is 5.74. The lowest BCUT2D eigenvalue weighted by Crippen LogP contribution is -2.28. The molecule has 0 amide bonds. The van der Waals surface area contributed by atoms with Gasteiger partial charge in [0, 0.05) is 0 Å². The molecular formula is C8H7N6+. The van der Waals surface area contributed by atoms with Gasteiger partial charge in [-0.25, -0.2) is 9.55 Å². The van der Waals surface area contributed by atoms with E-state index in [1.165, 1.54) is 6.33 Å². The molecule has 3 aromatic rings. The second-order valence-electron chi connectivity index (χ2n) is 2.82. The van der Waals surface area contributed by atoms with Crippen molar-refractivity contribution in [1.29, 1.82) is 0 Å². The molecule has 2 N–H and O–H groups in total. The van der Waals surface area contributed by atoms with Crippen LogP contribution in [0.15, 0.2) is 31.4 Å². The Balaban J connectivity index is 2.36. The summed E-state index contributed by atoms with van der Waals surface area (Å²) in [7, 11) is 0. The third-order valence-electron chi connectivity index (χ3n) is 1.99. The van der Waals surface area contributed by atoms with Gasteiger partial charge in [0.15, 0.2) is 23.8 Å². The van der Waals surface area contributed by atoms with Crippen LogP contribution in [0.2, 0.25) is 0 Å². The monoisotopic (exact) mass is 187 g/mol. The fraction of sp³-hybridized carbons (Fsp3) is 0. The molecule has 3 heterocycles. The zero-order valence-corrected chi connectivity index (χ0v) is 7.18. The maximum atomic E-state index is 4.18. The maximum absolute atomic E-state index is 4.18. The summed E-state index contributed by atoms with van der Waals surface area (Å²) in [5.74, 6) is 0.786. The molecule has 0 aliphatic rings. The van der Waals surface area contributed by atoms with E-state index < -0.39 is 0 Å². The Hall–Kier alpha value is -2.24. The number of aromatic amines is 2. The summed E-state index contributed by atoms with van der Waals surface area (Å²) in [5.41, 5.74) is 1.50. The maximum Gasteiger partial charge on any atom is 0.296 e. The van der Waals surface area contributed by atoms with Gasteiger partial charge < -0.3 is 4.98 Å². The van der Waals surface area contributed by atoms with Gasteiger partial charge in [-0.15, -0.1) is 0 Å². The van der Waals surface area contributed by atoms with Gasteiger partial charge in [-0.2, -0.15) is 4.98 Å². The fourth-order valence-electron chi connectivity index (χ4n) is 1.37. The van der Waals surface area contributed by atoms with Crippen LogP contribution in [0.25, 0.3) is 17.0 Å². The zero-order valence-electron chi connectivity index (χ0n) is 7.18. The first-order valence-electron chi connectivity index (χ1n) is 4.13. The molecule has 0 unspecified atom stereocenters. The van der Waals surface area contributed by atoms with Crippen LogP contribution in [0.4, 0.5) is 0 Å². The van der Waals surface area contributed by atoms with E-state index in [4.69, 9.17) is 0 Å². The molecule has 6 heteroatoms. The molecule has 0 atom stereocenters. The number of H-pyrrole nitrogens is 2. The fourth-order valence-corrected chi connectivity index (χ4v) is 1.37. The number of nitrogens with zero attached hydrogens (tertiary/aromatic N) is 4. The number of rotatable bonds is 1. The Morgan fingerprint density at radius 1 is 1.21 bits per heavy atom. The molecule has 0 fully saturated rings. The number of aromatic nitrogens is 6. The van der Waals surface area contributed by atoms with E-state index >= 15 is 0 Å². The summed E-state index contributed by atoms with van der Waals surface area (Å²) in [4.78, 5) is 18.2. The van der Waals surface area contributed by atoms with Gasteiger partial charge in [-0.3, -0.25) is 4.98 Å². The minimum atomic E-state index is 0.670. The standard InChI is InChI=1S/C8H6N6/c1-2-14(5-9-1)8-6-7(11-3-10-6)12-4-13-8/h1-5H,(H,10,11,12,13)/p+1. The molecule has 0 aliphatic heterocycles. The van der Waals surface area contributed by atoms with Crippen LogP contribution in [0.5, 0.6) is 0 Å². The van der Waals surface area contributed by atoms with Crippen molar-refractivity contribution in [3.8, 4) is 5.82 Å². The molecule has 0 radical (unpaired) electrons. The van der Waals surface area contributed by atoms with Crippen LogP contribution in [-0.2, 0) is 0 Å². The molecular weight excluding hydrogens is 180 g/mol. The predicted molar refractivity (Wildman–Crippen MR) is 47.6 cm³/mol. The quantitative estimate of drug-likeness (QED) is 0.525. The normalized spacial score (nSPS) is 10.9. The van der Waals surface area contributed by atoms with E-state index in [9.17, 15) is 0 Å². The van der Waals surface area contributed by atoms with Gasteiger partial charge >= 0.3 is 0 Å². The number of hydrogen-bond donors (Lipinski definition) is 2.